The number of aryl methyl sites for hydroxylation is 1. The van der Waals surface area contributed by atoms with E-state index < -0.39 is 11.9 Å². The zero-order valence-electron chi connectivity index (χ0n) is 10.4. The summed E-state index contributed by atoms with van der Waals surface area (Å²) in [5.74, 6) is -0.565. The number of aliphatic hydroxyl groups is 1. The number of ether oxygens (including phenoxy) is 1. The molecule has 1 atom stereocenters. The number of aliphatic hydroxyl groups excluding tert-OH is 1. The van der Waals surface area contributed by atoms with Gasteiger partial charge in [-0.3, -0.25) is 0 Å². The third-order valence-corrected chi connectivity index (χ3v) is 2.82. The first-order valence-electron chi connectivity index (χ1n) is 5.89. The van der Waals surface area contributed by atoms with Crippen LogP contribution in [0.2, 0.25) is 0 Å². The summed E-state index contributed by atoms with van der Waals surface area (Å²) >= 11 is 0. The second kappa shape index (κ2) is 5.80. The molecule has 4 heteroatoms. The van der Waals surface area contributed by atoms with Crippen molar-refractivity contribution in [1.29, 1.82) is 0 Å². The van der Waals surface area contributed by atoms with Gasteiger partial charge in [0.25, 0.3) is 0 Å². The van der Waals surface area contributed by atoms with Crippen LogP contribution in [0.1, 0.15) is 17.2 Å². The van der Waals surface area contributed by atoms with Crippen molar-refractivity contribution in [2.75, 3.05) is 6.61 Å². The molecule has 0 heterocycles. The highest BCUT2D eigenvalue weighted by molar-refractivity contribution is 5.28. The minimum Gasteiger partial charge on any atom is -0.490 e. The van der Waals surface area contributed by atoms with Crippen LogP contribution in [0.5, 0.6) is 5.75 Å². The number of halogens is 2. The fourth-order valence-corrected chi connectivity index (χ4v) is 1.67. The topological polar surface area (TPSA) is 29.5 Å². The first-order valence-corrected chi connectivity index (χ1v) is 5.89. The van der Waals surface area contributed by atoms with Gasteiger partial charge in [-0.05, 0) is 24.6 Å². The van der Waals surface area contributed by atoms with E-state index in [9.17, 15) is 13.9 Å². The molecular formula is C15H14F2O2. The maximum absolute atomic E-state index is 13.4. The Labute approximate surface area is 110 Å². The second-order valence-corrected chi connectivity index (χ2v) is 4.26. The van der Waals surface area contributed by atoms with Crippen LogP contribution in [-0.4, -0.2) is 11.7 Å². The lowest BCUT2D eigenvalue weighted by Crippen LogP contribution is -2.11. The normalized spacial score (nSPS) is 12.2. The Balaban J connectivity index is 2.02. The van der Waals surface area contributed by atoms with E-state index in [2.05, 4.69) is 0 Å². The molecule has 0 bridgehead atoms. The molecule has 0 fully saturated rings. The van der Waals surface area contributed by atoms with Crippen molar-refractivity contribution in [1.82, 2.24) is 0 Å². The lowest BCUT2D eigenvalue weighted by molar-refractivity contribution is 0.105. The Hall–Kier alpha value is -1.94. The quantitative estimate of drug-likeness (QED) is 0.917. The predicted octanol–water partition coefficient (Wildman–Crippen LogP) is 3.39. The molecule has 0 aliphatic rings. The van der Waals surface area contributed by atoms with Crippen LogP contribution in [0.25, 0.3) is 0 Å². The van der Waals surface area contributed by atoms with Gasteiger partial charge >= 0.3 is 0 Å². The Bertz CT molecular complexity index is 570. The van der Waals surface area contributed by atoms with Crippen LogP contribution in [0.3, 0.4) is 0 Å². The summed E-state index contributed by atoms with van der Waals surface area (Å²) in [4.78, 5) is 0. The maximum Gasteiger partial charge on any atom is 0.129 e. The van der Waals surface area contributed by atoms with Gasteiger partial charge < -0.3 is 9.84 Å². The van der Waals surface area contributed by atoms with Gasteiger partial charge in [-0.15, -0.1) is 0 Å². The molecule has 2 nitrogen and oxygen atoms in total. The van der Waals surface area contributed by atoms with Crippen LogP contribution >= 0.6 is 0 Å². The number of rotatable bonds is 4. The van der Waals surface area contributed by atoms with Crippen molar-refractivity contribution in [2.45, 2.75) is 13.0 Å². The van der Waals surface area contributed by atoms with E-state index in [-0.39, 0.29) is 18.0 Å². The average molecular weight is 264 g/mol. The summed E-state index contributed by atoms with van der Waals surface area (Å²) < 4.78 is 32.0. The third kappa shape index (κ3) is 3.29. The van der Waals surface area contributed by atoms with E-state index >= 15 is 0 Å². The largest absolute Gasteiger partial charge is 0.490 e. The summed E-state index contributed by atoms with van der Waals surface area (Å²) in [5.41, 5.74) is 0.678. The molecular weight excluding hydrogens is 250 g/mol. The van der Waals surface area contributed by atoms with E-state index in [1.807, 2.05) is 0 Å². The summed E-state index contributed by atoms with van der Waals surface area (Å²) in [5, 5.41) is 9.83. The second-order valence-electron chi connectivity index (χ2n) is 4.26. The first-order chi connectivity index (χ1) is 9.08. The zero-order valence-corrected chi connectivity index (χ0v) is 10.4. The van der Waals surface area contributed by atoms with Crippen molar-refractivity contribution in [3.05, 3.63) is 65.2 Å². The molecule has 100 valence electrons. The molecule has 0 aromatic heterocycles. The van der Waals surface area contributed by atoms with Crippen LogP contribution in [-0.2, 0) is 0 Å². The first kappa shape index (κ1) is 13.5. The Morgan fingerprint density at radius 3 is 2.53 bits per heavy atom. The fraction of sp³-hybridized carbons (Fsp3) is 0.200. The average Bonchev–Trinajstić information content (AvgIpc) is 2.40. The van der Waals surface area contributed by atoms with Gasteiger partial charge in [0.1, 0.15) is 30.1 Å². The maximum atomic E-state index is 13.4. The Kier molecular flexibility index (Phi) is 4.12. The van der Waals surface area contributed by atoms with Gasteiger partial charge in [0.05, 0.1) is 0 Å². The Morgan fingerprint density at radius 2 is 1.84 bits per heavy atom. The smallest absolute Gasteiger partial charge is 0.129 e. The van der Waals surface area contributed by atoms with Crippen molar-refractivity contribution >= 4 is 0 Å². The van der Waals surface area contributed by atoms with Gasteiger partial charge in [0.2, 0.25) is 0 Å². The van der Waals surface area contributed by atoms with Crippen molar-refractivity contribution in [2.24, 2.45) is 0 Å². The molecule has 0 saturated heterocycles. The minimum absolute atomic E-state index is 0.135. The molecule has 1 unspecified atom stereocenters. The van der Waals surface area contributed by atoms with Crippen molar-refractivity contribution < 1.29 is 18.6 Å². The van der Waals surface area contributed by atoms with E-state index in [1.165, 1.54) is 18.2 Å². The van der Waals surface area contributed by atoms with Gasteiger partial charge in [0.15, 0.2) is 0 Å². The summed E-state index contributed by atoms with van der Waals surface area (Å²) in [7, 11) is 0. The van der Waals surface area contributed by atoms with Crippen molar-refractivity contribution in [3.8, 4) is 5.75 Å². The van der Waals surface area contributed by atoms with Crippen molar-refractivity contribution in [3.63, 3.8) is 0 Å². The molecule has 0 aliphatic carbocycles. The minimum atomic E-state index is -1.09. The SMILES string of the molecule is Cc1ccc(OCC(O)c2ccccc2F)cc1F. The highest BCUT2D eigenvalue weighted by Gasteiger charge is 2.13. The van der Waals surface area contributed by atoms with E-state index in [0.29, 0.717) is 11.3 Å². The monoisotopic (exact) mass is 264 g/mol. The summed E-state index contributed by atoms with van der Waals surface area (Å²) in [6, 6.07) is 10.4. The molecule has 0 aliphatic heterocycles. The number of hydrogen-bond acceptors (Lipinski definition) is 2. The zero-order chi connectivity index (χ0) is 13.8. The third-order valence-electron chi connectivity index (χ3n) is 2.82. The lowest BCUT2D eigenvalue weighted by atomic mass is 10.1. The van der Waals surface area contributed by atoms with Crippen LogP contribution in [0, 0.1) is 18.6 Å². The van der Waals surface area contributed by atoms with Gasteiger partial charge in [-0.2, -0.15) is 0 Å². The highest BCUT2D eigenvalue weighted by Crippen LogP contribution is 2.20. The van der Waals surface area contributed by atoms with Gasteiger partial charge in [-0.25, -0.2) is 8.78 Å². The molecule has 2 aromatic rings. The summed E-state index contributed by atoms with van der Waals surface area (Å²) in [6.45, 7) is 1.51. The van der Waals surface area contributed by atoms with E-state index in [4.69, 9.17) is 4.74 Å². The molecule has 0 radical (unpaired) electrons. The van der Waals surface area contributed by atoms with Crippen LogP contribution in [0.15, 0.2) is 42.5 Å². The molecule has 19 heavy (non-hydrogen) atoms. The van der Waals surface area contributed by atoms with Gasteiger partial charge in [-0.1, -0.05) is 24.3 Å². The lowest BCUT2D eigenvalue weighted by Gasteiger charge is -2.13. The Morgan fingerprint density at radius 1 is 1.11 bits per heavy atom. The molecule has 2 aromatic carbocycles. The van der Waals surface area contributed by atoms with E-state index in [0.717, 1.165) is 0 Å². The number of benzene rings is 2. The molecule has 0 amide bonds. The van der Waals surface area contributed by atoms with Crippen LogP contribution in [0.4, 0.5) is 8.78 Å². The molecule has 2 rings (SSSR count). The van der Waals surface area contributed by atoms with E-state index in [1.54, 1.807) is 31.2 Å². The standard InChI is InChI=1S/C15H14F2O2/c1-10-6-7-11(8-14(10)17)19-9-15(18)12-4-2-3-5-13(12)16/h2-8,15,18H,9H2,1H3. The molecule has 0 spiro atoms. The van der Waals surface area contributed by atoms with Gasteiger partial charge in [0, 0.05) is 11.6 Å². The molecule has 0 saturated carbocycles. The number of hydrogen-bond donors (Lipinski definition) is 1. The fourth-order valence-electron chi connectivity index (χ4n) is 1.67. The predicted molar refractivity (Wildman–Crippen MR) is 68.0 cm³/mol. The highest BCUT2D eigenvalue weighted by atomic mass is 19.1. The molecule has 1 N–H and O–H groups in total. The summed E-state index contributed by atoms with van der Waals surface area (Å²) in [6.07, 6.45) is -1.09. The van der Waals surface area contributed by atoms with Crippen LogP contribution < -0.4 is 4.74 Å².